The van der Waals surface area contributed by atoms with E-state index in [0.717, 1.165) is 11.1 Å². The Labute approximate surface area is 174 Å². The van der Waals surface area contributed by atoms with E-state index in [1.54, 1.807) is 19.1 Å². The zero-order chi connectivity index (χ0) is 20.9. The summed E-state index contributed by atoms with van der Waals surface area (Å²) in [6.45, 7) is 4.40. The first-order chi connectivity index (χ1) is 14.6. The zero-order valence-corrected chi connectivity index (χ0v) is 16.7. The van der Waals surface area contributed by atoms with E-state index in [2.05, 4.69) is 44.8 Å². The summed E-state index contributed by atoms with van der Waals surface area (Å²) in [7, 11) is 0. The van der Waals surface area contributed by atoms with Crippen LogP contribution < -0.4 is 10.6 Å². The van der Waals surface area contributed by atoms with Crippen molar-refractivity contribution in [2.75, 3.05) is 10.6 Å². The summed E-state index contributed by atoms with van der Waals surface area (Å²) in [5.74, 6) is 1.59. The van der Waals surface area contributed by atoms with Crippen molar-refractivity contribution in [3.8, 4) is 11.4 Å². The van der Waals surface area contributed by atoms with Gasteiger partial charge in [0.25, 0.3) is 5.91 Å². The Hall–Kier alpha value is -4.00. The maximum Gasteiger partial charge on any atom is 0.275 e. The number of rotatable bonds is 6. The second kappa shape index (κ2) is 8.57. The maximum atomic E-state index is 12.8. The highest BCUT2D eigenvalue weighted by molar-refractivity contribution is 6.03. The second-order valence-corrected chi connectivity index (χ2v) is 6.89. The van der Waals surface area contributed by atoms with Crippen molar-refractivity contribution < 1.29 is 9.32 Å². The molecule has 0 aliphatic heterocycles. The van der Waals surface area contributed by atoms with Gasteiger partial charge in [0, 0.05) is 24.2 Å². The van der Waals surface area contributed by atoms with Gasteiger partial charge < -0.3 is 15.2 Å². The first-order valence-corrected chi connectivity index (χ1v) is 9.56. The van der Waals surface area contributed by atoms with Crippen LogP contribution in [0.2, 0.25) is 0 Å². The van der Waals surface area contributed by atoms with Gasteiger partial charge in [0.1, 0.15) is 17.3 Å². The molecule has 0 spiro atoms. The number of carbonyl (C=O) groups is 1. The molecule has 150 valence electrons. The van der Waals surface area contributed by atoms with Crippen LogP contribution in [0.3, 0.4) is 0 Å². The highest BCUT2D eigenvalue weighted by atomic mass is 16.5. The summed E-state index contributed by atoms with van der Waals surface area (Å²) in [5, 5.41) is 9.82. The second-order valence-electron chi connectivity index (χ2n) is 6.89. The summed E-state index contributed by atoms with van der Waals surface area (Å²) in [6, 6.07) is 20.9. The minimum absolute atomic E-state index is 0.233. The zero-order valence-electron chi connectivity index (χ0n) is 16.7. The van der Waals surface area contributed by atoms with Gasteiger partial charge in [0.05, 0.1) is 0 Å². The summed E-state index contributed by atoms with van der Waals surface area (Å²) < 4.78 is 5.01. The lowest BCUT2D eigenvalue weighted by Gasteiger charge is -2.11. The fraction of sp³-hybridized carbons (Fsp3) is 0.130. The van der Waals surface area contributed by atoms with E-state index in [-0.39, 0.29) is 11.6 Å². The first-order valence-electron chi connectivity index (χ1n) is 9.56. The van der Waals surface area contributed by atoms with Gasteiger partial charge in [-0.3, -0.25) is 4.79 Å². The molecular formula is C23H21N5O2. The van der Waals surface area contributed by atoms with Crippen LogP contribution in [0.1, 0.15) is 27.4 Å². The maximum absolute atomic E-state index is 12.8. The highest BCUT2D eigenvalue weighted by Gasteiger charge is 2.15. The van der Waals surface area contributed by atoms with Gasteiger partial charge in [-0.2, -0.15) is 0 Å². The Kier molecular flexibility index (Phi) is 5.52. The minimum atomic E-state index is -0.387. The van der Waals surface area contributed by atoms with Crippen molar-refractivity contribution in [1.29, 1.82) is 0 Å². The quantitative estimate of drug-likeness (QED) is 0.492. The Morgan fingerprint density at radius 3 is 2.43 bits per heavy atom. The molecular weight excluding hydrogens is 378 g/mol. The van der Waals surface area contributed by atoms with Crippen LogP contribution in [0.5, 0.6) is 0 Å². The monoisotopic (exact) mass is 399 g/mol. The van der Waals surface area contributed by atoms with Gasteiger partial charge in [-0.05, 0) is 25.0 Å². The van der Waals surface area contributed by atoms with E-state index in [4.69, 9.17) is 4.52 Å². The Bertz CT molecular complexity index is 1170. The number of carbonyl (C=O) groups excluding carboxylic acids is 1. The summed E-state index contributed by atoms with van der Waals surface area (Å²) in [4.78, 5) is 21.8. The third-order valence-electron chi connectivity index (χ3n) is 4.58. The fourth-order valence-corrected chi connectivity index (χ4v) is 2.97. The number of aryl methyl sites for hydroxylation is 2. The standard InChI is InChI=1S/C23H21N5O2/c1-15-8-6-7-11-18(15)14-24-20-13-19(23(29)27-21-12-16(2)30-28-21)25-22(26-20)17-9-4-3-5-10-17/h3-13H,14H2,1-2H3,(H,24,25,26)(H,27,28,29). The van der Waals surface area contributed by atoms with Crippen LogP contribution in [0.4, 0.5) is 11.6 Å². The molecule has 4 aromatic rings. The van der Waals surface area contributed by atoms with Gasteiger partial charge in [0.15, 0.2) is 11.6 Å². The SMILES string of the molecule is Cc1cc(NC(=O)c2cc(NCc3ccccc3C)nc(-c3ccccc3)n2)no1. The lowest BCUT2D eigenvalue weighted by atomic mass is 10.1. The van der Waals surface area contributed by atoms with E-state index in [1.165, 1.54) is 5.56 Å². The van der Waals surface area contributed by atoms with E-state index in [1.807, 2.05) is 42.5 Å². The molecule has 2 heterocycles. The van der Waals surface area contributed by atoms with Crippen LogP contribution >= 0.6 is 0 Å². The van der Waals surface area contributed by atoms with Gasteiger partial charge in [-0.25, -0.2) is 9.97 Å². The normalized spacial score (nSPS) is 10.6. The molecule has 0 unspecified atom stereocenters. The number of aromatic nitrogens is 3. The van der Waals surface area contributed by atoms with Crippen molar-refractivity contribution in [3.63, 3.8) is 0 Å². The number of nitrogens with one attached hydrogen (secondary N) is 2. The largest absolute Gasteiger partial charge is 0.366 e. The van der Waals surface area contributed by atoms with E-state index >= 15 is 0 Å². The fourth-order valence-electron chi connectivity index (χ4n) is 2.97. The van der Waals surface area contributed by atoms with Crippen LogP contribution in [0, 0.1) is 13.8 Å². The lowest BCUT2D eigenvalue weighted by Crippen LogP contribution is -2.16. The van der Waals surface area contributed by atoms with Gasteiger partial charge in [-0.15, -0.1) is 0 Å². The Morgan fingerprint density at radius 2 is 1.70 bits per heavy atom. The molecule has 0 saturated heterocycles. The van der Waals surface area contributed by atoms with E-state index in [0.29, 0.717) is 29.8 Å². The van der Waals surface area contributed by atoms with E-state index < -0.39 is 0 Å². The molecule has 0 aliphatic carbocycles. The third-order valence-corrected chi connectivity index (χ3v) is 4.58. The summed E-state index contributed by atoms with van der Waals surface area (Å²) in [5.41, 5.74) is 3.39. The molecule has 4 rings (SSSR count). The number of nitrogens with zero attached hydrogens (tertiary/aromatic N) is 3. The van der Waals surface area contributed by atoms with Crippen LogP contribution in [-0.2, 0) is 6.54 Å². The smallest absolute Gasteiger partial charge is 0.275 e. The molecule has 2 N–H and O–H groups in total. The molecule has 2 aromatic heterocycles. The number of benzene rings is 2. The van der Waals surface area contributed by atoms with E-state index in [9.17, 15) is 4.79 Å². The molecule has 7 heteroatoms. The van der Waals surface area contributed by atoms with Gasteiger partial charge in [-0.1, -0.05) is 59.8 Å². The van der Waals surface area contributed by atoms with Gasteiger partial charge in [0.2, 0.25) is 0 Å². The third kappa shape index (κ3) is 4.52. The number of anilines is 2. The Balaban J connectivity index is 1.64. The van der Waals surface area contributed by atoms with Crippen molar-refractivity contribution in [2.45, 2.75) is 20.4 Å². The molecule has 1 amide bonds. The summed E-state index contributed by atoms with van der Waals surface area (Å²) >= 11 is 0. The molecule has 0 radical (unpaired) electrons. The minimum Gasteiger partial charge on any atom is -0.366 e. The molecule has 30 heavy (non-hydrogen) atoms. The topological polar surface area (TPSA) is 92.9 Å². The predicted molar refractivity (Wildman–Crippen MR) is 115 cm³/mol. The van der Waals surface area contributed by atoms with Crippen molar-refractivity contribution in [3.05, 3.63) is 89.3 Å². The molecule has 0 saturated carbocycles. The first kappa shape index (κ1) is 19.3. The van der Waals surface area contributed by atoms with Gasteiger partial charge >= 0.3 is 0 Å². The molecule has 7 nitrogen and oxygen atoms in total. The highest BCUT2D eigenvalue weighted by Crippen LogP contribution is 2.20. The Morgan fingerprint density at radius 1 is 0.933 bits per heavy atom. The lowest BCUT2D eigenvalue weighted by molar-refractivity contribution is 0.102. The predicted octanol–water partition coefficient (Wildman–Crippen LogP) is 4.61. The number of amides is 1. The molecule has 0 aliphatic rings. The van der Waals surface area contributed by atoms with Crippen LogP contribution in [0.15, 0.2) is 71.3 Å². The average Bonchev–Trinajstić information content (AvgIpc) is 3.18. The van der Waals surface area contributed by atoms with Crippen molar-refractivity contribution >= 4 is 17.5 Å². The van der Waals surface area contributed by atoms with Crippen molar-refractivity contribution in [2.24, 2.45) is 0 Å². The van der Waals surface area contributed by atoms with Crippen LogP contribution in [-0.4, -0.2) is 21.0 Å². The van der Waals surface area contributed by atoms with Crippen LogP contribution in [0.25, 0.3) is 11.4 Å². The molecule has 0 atom stereocenters. The van der Waals surface area contributed by atoms with Crippen molar-refractivity contribution in [1.82, 2.24) is 15.1 Å². The summed E-state index contributed by atoms with van der Waals surface area (Å²) in [6.07, 6.45) is 0. The molecule has 2 aromatic carbocycles. The molecule has 0 fully saturated rings. The number of hydrogen-bond donors (Lipinski definition) is 2. The molecule has 0 bridgehead atoms. The number of hydrogen-bond acceptors (Lipinski definition) is 6. The average molecular weight is 399 g/mol.